The van der Waals surface area contributed by atoms with Gasteiger partial charge in [-0.15, -0.1) is 0 Å². The van der Waals surface area contributed by atoms with Crippen molar-refractivity contribution in [2.24, 2.45) is 0 Å². The number of carbonyl (C=O) groups excluding carboxylic acids is 3. The maximum atomic E-state index is 12.2. The van der Waals surface area contributed by atoms with Crippen molar-refractivity contribution < 1.29 is 129 Å². The maximum absolute atomic E-state index is 12.2. The van der Waals surface area contributed by atoms with Crippen molar-refractivity contribution in [3.05, 3.63) is 0 Å². The van der Waals surface area contributed by atoms with Crippen molar-refractivity contribution >= 4 is 17.7 Å². The smallest absolute Gasteiger partial charge is 0.217 e. The van der Waals surface area contributed by atoms with Gasteiger partial charge in [-0.2, -0.15) is 0 Å². The Hall–Kier alpha value is -2.51. The van der Waals surface area contributed by atoms with Crippen LogP contribution in [0.1, 0.15) is 20.8 Å². The number of hydrogen-bond acceptors (Lipinski definition) is 26. The van der Waals surface area contributed by atoms with Gasteiger partial charge in [0.2, 0.25) is 17.7 Å². The number of aliphatic hydroxyl groups excluding tert-OH is 15. The van der Waals surface area contributed by atoms with E-state index in [1.54, 1.807) is 0 Å². The van der Waals surface area contributed by atoms with Crippen LogP contribution < -0.4 is 16.0 Å². The molecule has 4 heterocycles. The number of ether oxygens (including phenoxy) is 8. The number of hydrogen-bond donors (Lipinski definition) is 18. The molecule has 0 aromatic carbocycles. The Kier molecular flexibility index (Phi) is 20.9. The second kappa shape index (κ2) is 24.7. The van der Waals surface area contributed by atoms with Crippen LogP contribution in [0.4, 0.5) is 0 Å². The van der Waals surface area contributed by atoms with Crippen molar-refractivity contribution in [3.8, 4) is 0 Å². The summed E-state index contributed by atoms with van der Waals surface area (Å²) in [7, 11) is 0. The van der Waals surface area contributed by atoms with Crippen molar-refractivity contribution in [3.63, 3.8) is 0 Å². The zero-order valence-corrected chi connectivity index (χ0v) is 35.3. The van der Waals surface area contributed by atoms with E-state index in [2.05, 4.69) is 16.0 Å². The third-order valence-corrected chi connectivity index (χ3v) is 11.2. The van der Waals surface area contributed by atoms with E-state index in [0.29, 0.717) is 0 Å². The van der Waals surface area contributed by atoms with Gasteiger partial charge >= 0.3 is 0 Å². The summed E-state index contributed by atoms with van der Waals surface area (Å²) >= 11 is 0. The summed E-state index contributed by atoms with van der Waals surface area (Å²) < 4.78 is 45.0. The highest BCUT2D eigenvalue weighted by Crippen LogP contribution is 2.33. The first-order valence-electron chi connectivity index (χ1n) is 20.5. The van der Waals surface area contributed by atoms with E-state index in [0.717, 1.165) is 20.8 Å². The van der Waals surface area contributed by atoms with Gasteiger partial charge in [0, 0.05) is 20.8 Å². The number of nitrogens with one attached hydrogen (secondary N) is 3. The van der Waals surface area contributed by atoms with E-state index in [4.69, 9.17) is 37.9 Å². The standard InChI is InChI=1S/C36H63N3O26/c1-10(45)37-13(4-40)30(63-36-29(57)27(55)32(18(8-44)62-36)64-34-19(38-11(2)46)24(52)22(50)15(5-41)59-34)21(49)14(48)9-58-33-20(39-12(3)47)25(53)31(17(7-43)61-33)65-35-28(56)26(54)23(51)16(6-42)60-35/h13-36,40-44,48-57H,4-9H2,1-3H3,(H,37,45)(H,38,46)(H,39,47)/t13-,14+,15+,16+,17+,18+,19+,20+,21-,22+,23-,24+,25+,26-,27+,28+,29+,30+,31+,32-,33+,34+,35-,36-/m0/s1. The lowest BCUT2D eigenvalue weighted by atomic mass is 9.95. The molecule has 4 fully saturated rings. The van der Waals surface area contributed by atoms with Crippen molar-refractivity contribution in [2.75, 3.05) is 39.6 Å². The van der Waals surface area contributed by atoms with Crippen molar-refractivity contribution in [2.45, 2.75) is 168 Å². The summed E-state index contributed by atoms with van der Waals surface area (Å²) in [5, 5.41) is 165. The molecule has 4 rings (SSSR count). The highest BCUT2D eigenvalue weighted by Gasteiger charge is 2.54. The lowest BCUT2D eigenvalue weighted by Crippen LogP contribution is -2.68. The van der Waals surface area contributed by atoms with Crippen LogP contribution in [0, 0.1) is 0 Å². The third-order valence-electron chi connectivity index (χ3n) is 11.2. The van der Waals surface area contributed by atoms with Crippen LogP contribution in [-0.4, -0.2) is 281 Å². The second-order valence-electron chi connectivity index (χ2n) is 16.0. The lowest BCUT2D eigenvalue weighted by molar-refractivity contribution is -0.357. The Labute approximate surface area is 369 Å². The largest absolute Gasteiger partial charge is 0.394 e. The van der Waals surface area contributed by atoms with Gasteiger partial charge in [-0.1, -0.05) is 0 Å². The molecule has 65 heavy (non-hydrogen) atoms. The predicted molar refractivity (Wildman–Crippen MR) is 204 cm³/mol. The number of rotatable bonds is 20. The van der Waals surface area contributed by atoms with Crippen LogP contribution >= 0.6 is 0 Å². The first-order chi connectivity index (χ1) is 30.6. The van der Waals surface area contributed by atoms with E-state index in [1.807, 2.05) is 0 Å². The normalized spacial score (nSPS) is 42.0. The van der Waals surface area contributed by atoms with E-state index < -0.39 is 204 Å². The quantitative estimate of drug-likeness (QED) is 0.0539. The summed E-state index contributed by atoms with van der Waals surface area (Å²) in [6.45, 7) is -2.46. The zero-order chi connectivity index (χ0) is 48.6. The van der Waals surface area contributed by atoms with Gasteiger partial charge in [-0.3, -0.25) is 14.4 Å². The topological polar surface area (TPSA) is 465 Å². The van der Waals surface area contributed by atoms with Crippen LogP contribution in [0.3, 0.4) is 0 Å². The molecule has 18 N–H and O–H groups in total. The molecule has 4 aliphatic heterocycles. The minimum absolute atomic E-state index is 0.720. The molecule has 29 nitrogen and oxygen atoms in total. The van der Waals surface area contributed by atoms with Gasteiger partial charge in [-0.05, 0) is 0 Å². The first-order valence-corrected chi connectivity index (χ1v) is 20.5. The summed E-state index contributed by atoms with van der Waals surface area (Å²) in [5.41, 5.74) is 0. The van der Waals surface area contributed by atoms with E-state index in [1.165, 1.54) is 0 Å². The second-order valence-corrected chi connectivity index (χ2v) is 16.0. The molecule has 3 amide bonds. The van der Waals surface area contributed by atoms with Crippen LogP contribution in [0.5, 0.6) is 0 Å². The first kappa shape index (κ1) is 55.1. The Morgan fingerprint density at radius 2 is 0.969 bits per heavy atom. The lowest BCUT2D eigenvalue weighted by Gasteiger charge is -2.48. The van der Waals surface area contributed by atoms with Gasteiger partial charge in [-0.25, -0.2) is 0 Å². The fourth-order valence-electron chi connectivity index (χ4n) is 7.75. The minimum atomic E-state index is -2.24. The Morgan fingerprint density at radius 1 is 0.523 bits per heavy atom. The average Bonchev–Trinajstić information content (AvgIpc) is 3.26. The van der Waals surface area contributed by atoms with Crippen molar-refractivity contribution in [1.29, 1.82) is 0 Å². The SMILES string of the molecule is CC(=O)N[C@H]1[C@H](OC[C@@H](O)[C@H](O)[C@H](O[C@@H]2O[C@H](CO)[C@H](O[C@H]3O[C@H](CO)[C@@H](O)[C@H](O)[C@H]3NC(C)=O)[C@H](O)[C@H]2O)[C@H](CO)NC(C)=O)O[C@H](CO)[C@@H](O[C@@H]2O[C@H](CO)[C@H](O)[C@H](O)[C@H]2O)[C@@H]1O. The third kappa shape index (κ3) is 13.2. The average molecular weight is 954 g/mol. The van der Waals surface area contributed by atoms with E-state index in [-0.39, 0.29) is 0 Å². The summed E-state index contributed by atoms with van der Waals surface area (Å²) in [6, 6.07) is -4.76. The number of carbonyl (C=O) groups is 3. The van der Waals surface area contributed by atoms with E-state index >= 15 is 0 Å². The molecular weight excluding hydrogens is 890 g/mol. The predicted octanol–water partition coefficient (Wildman–Crippen LogP) is -11.9. The maximum Gasteiger partial charge on any atom is 0.217 e. The van der Waals surface area contributed by atoms with Gasteiger partial charge in [0.25, 0.3) is 0 Å². The molecule has 0 aliphatic carbocycles. The molecule has 0 saturated carbocycles. The number of amides is 3. The number of aliphatic hydroxyl groups is 15. The molecule has 4 saturated heterocycles. The highest BCUT2D eigenvalue weighted by molar-refractivity contribution is 5.74. The molecule has 0 spiro atoms. The molecule has 0 radical (unpaired) electrons. The minimum Gasteiger partial charge on any atom is -0.394 e. The van der Waals surface area contributed by atoms with Crippen LogP contribution in [0.2, 0.25) is 0 Å². The van der Waals surface area contributed by atoms with Gasteiger partial charge in [0.05, 0.1) is 45.7 Å². The Bertz CT molecular complexity index is 1510. The molecule has 4 aliphatic rings. The highest BCUT2D eigenvalue weighted by atomic mass is 16.8. The van der Waals surface area contributed by atoms with Gasteiger partial charge in [0.15, 0.2) is 25.2 Å². The van der Waals surface area contributed by atoms with Crippen LogP contribution in [-0.2, 0) is 52.3 Å². The molecule has 378 valence electrons. The summed E-state index contributed by atoms with van der Waals surface area (Å²) in [6.07, 6.45) is -38.6. The molecular formula is C36H63N3O26. The van der Waals surface area contributed by atoms with Crippen LogP contribution in [0.25, 0.3) is 0 Å². The molecule has 0 bridgehead atoms. The van der Waals surface area contributed by atoms with Gasteiger partial charge < -0.3 is 130 Å². The molecule has 0 unspecified atom stereocenters. The molecule has 29 heteroatoms. The summed E-state index contributed by atoms with van der Waals surface area (Å²) in [5.74, 6) is -2.29. The summed E-state index contributed by atoms with van der Waals surface area (Å²) in [4.78, 5) is 36.3. The van der Waals surface area contributed by atoms with E-state index in [9.17, 15) is 91.0 Å². The fraction of sp³-hybridized carbons (Fsp3) is 0.917. The zero-order valence-electron chi connectivity index (χ0n) is 35.3. The molecule has 0 aromatic heterocycles. The molecule has 24 atom stereocenters. The van der Waals surface area contributed by atoms with Crippen molar-refractivity contribution in [1.82, 2.24) is 16.0 Å². The van der Waals surface area contributed by atoms with Gasteiger partial charge in [0.1, 0.15) is 116 Å². The monoisotopic (exact) mass is 953 g/mol. The molecule has 0 aromatic rings. The fourth-order valence-corrected chi connectivity index (χ4v) is 7.75. The Balaban J connectivity index is 1.52. The Morgan fingerprint density at radius 3 is 1.48 bits per heavy atom. The van der Waals surface area contributed by atoms with Crippen LogP contribution in [0.15, 0.2) is 0 Å².